The first-order valence-electron chi connectivity index (χ1n) is 11.9. The molecule has 4 rings (SSSR count). The quantitative estimate of drug-likeness (QED) is 0.559. The average Bonchev–Trinajstić information content (AvgIpc) is 2.76. The smallest absolute Gasteiger partial charge is 0.337 e. The molecule has 0 radical (unpaired) electrons. The van der Waals surface area contributed by atoms with Crippen molar-refractivity contribution in [3.05, 3.63) is 59.2 Å². The van der Waals surface area contributed by atoms with Crippen molar-refractivity contribution in [2.75, 3.05) is 24.6 Å². The molecule has 0 amide bonds. The lowest BCUT2D eigenvalue weighted by molar-refractivity contribution is -0.160. The molecule has 2 aliphatic rings. The van der Waals surface area contributed by atoms with Crippen molar-refractivity contribution in [2.45, 2.75) is 65.1 Å². The molecule has 5 heteroatoms. The molecule has 1 atom stereocenters. The molecule has 1 N–H and O–H groups in total. The summed E-state index contributed by atoms with van der Waals surface area (Å²) in [5.41, 5.74) is 6.60. The Labute approximate surface area is 197 Å². The van der Waals surface area contributed by atoms with E-state index >= 15 is 0 Å². The molecule has 0 spiro atoms. The third-order valence-electron chi connectivity index (χ3n) is 6.35. The van der Waals surface area contributed by atoms with Gasteiger partial charge in [0.1, 0.15) is 5.75 Å². The van der Waals surface area contributed by atoms with Crippen molar-refractivity contribution in [3.63, 3.8) is 0 Å². The van der Waals surface area contributed by atoms with E-state index in [0.717, 1.165) is 84.6 Å². The predicted octanol–water partition coefficient (Wildman–Crippen LogP) is 5.87. The Morgan fingerprint density at radius 2 is 2.06 bits per heavy atom. The number of anilines is 1. The summed E-state index contributed by atoms with van der Waals surface area (Å²) in [6.45, 7) is 14.1. The fourth-order valence-electron chi connectivity index (χ4n) is 5.10. The molecule has 2 aliphatic heterocycles. The van der Waals surface area contributed by atoms with Crippen molar-refractivity contribution in [2.24, 2.45) is 0 Å². The molecule has 0 fully saturated rings. The van der Waals surface area contributed by atoms with E-state index in [9.17, 15) is 9.90 Å². The van der Waals surface area contributed by atoms with Crippen LogP contribution in [-0.4, -0.2) is 36.4 Å². The highest BCUT2D eigenvalue weighted by atomic mass is 16.5. The fourth-order valence-corrected chi connectivity index (χ4v) is 5.10. The van der Waals surface area contributed by atoms with Gasteiger partial charge in [-0.05, 0) is 99.4 Å². The second-order valence-electron chi connectivity index (χ2n) is 10.0. The normalized spacial score (nSPS) is 16.4. The van der Waals surface area contributed by atoms with Crippen LogP contribution in [0, 0.1) is 6.92 Å². The molecule has 0 aliphatic carbocycles. The number of carboxylic acid groups (broad SMARTS) is 1. The summed E-state index contributed by atoms with van der Waals surface area (Å²) >= 11 is 0. The molecule has 0 saturated carbocycles. The molecule has 33 heavy (non-hydrogen) atoms. The first-order valence-corrected chi connectivity index (χ1v) is 11.9. The van der Waals surface area contributed by atoms with E-state index in [1.54, 1.807) is 0 Å². The first kappa shape index (κ1) is 23.4. The topological polar surface area (TPSA) is 59.0 Å². The molecule has 1 unspecified atom stereocenters. The predicted molar refractivity (Wildman–Crippen MR) is 132 cm³/mol. The van der Waals surface area contributed by atoms with E-state index in [1.807, 2.05) is 32.9 Å². The van der Waals surface area contributed by atoms with Crippen LogP contribution in [0.5, 0.6) is 5.75 Å². The summed E-state index contributed by atoms with van der Waals surface area (Å²) in [6.07, 6.45) is 4.61. The van der Waals surface area contributed by atoms with E-state index in [1.165, 1.54) is 5.56 Å². The van der Waals surface area contributed by atoms with Gasteiger partial charge in [0.2, 0.25) is 0 Å². The molecular weight excluding hydrogens is 414 g/mol. The number of aryl methyl sites for hydroxylation is 2. The van der Waals surface area contributed by atoms with E-state index in [-0.39, 0.29) is 0 Å². The summed E-state index contributed by atoms with van der Waals surface area (Å²) in [7, 11) is 0. The largest absolute Gasteiger partial charge is 0.493 e. The summed E-state index contributed by atoms with van der Waals surface area (Å²) in [5.74, 6) is -0.0267. The number of benzene rings is 2. The van der Waals surface area contributed by atoms with E-state index in [2.05, 4.69) is 36.6 Å². The molecule has 0 saturated heterocycles. The van der Waals surface area contributed by atoms with Gasteiger partial charge in [-0.1, -0.05) is 12.1 Å². The molecule has 2 heterocycles. The van der Waals surface area contributed by atoms with Crippen LogP contribution in [0.2, 0.25) is 0 Å². The Morgan fingerprint density at radius 3 is 2.76 bits per heavy atom. The van der Waals surface area contributed by atoms with Gasteiger partial charge in [0.25, 0.3) is 0 Å². The van der Waals surface area contributed by atoms with Crippen LogP contribution in [0.4, 0.5) is 5.69 Å². The third kappa shape index (κ3) is 4.79. The number of hydrogen-bond acceptors (Lipinski definition) is 4. The van der Waals surface area contributed by atoms with Gasteiger partial charge in [0.15, 0.2) is 6.10 Å². The minimum absolute atomic E-state index is 0.601. The van der Waals surface area contributed by atoms with Gasteiger partial charge in [-0.3, -0.25) is 0 Å². The fraction of sp³-hybridized carbons (Fsp3) is 0.464. The second kappa shape index (κ2) is 9.22. The van der Waals surface area contributed by atoms with Crippen molar-refractivity contribution in [1.82, 2.24) is 0 Å². The van der Waals surface area contributed by atoms with Crippen LogP contribution in [-0.2, 0) is 22.4 Å². The van der Waals surface area contributed by atoms with Crippen molar-refractivity contribution in [1.29, 1.82) is 0 Å². The molecule has 0 bridgehead atoms. The van der Waals surface area contributed by atoms with Gasteiger partial charge >= 0.3 is 5.97 Å². The number of fused-ring (bicyclic) bond motifs is 2. The van der Waals surface area contributed by atoms with Crippen LogP contribution >= 0.6 is 0 Å². The van der Waals surface area contributed by atoms with Crippen LogP contribution in [0.15, 0.2) is 36.9 Å². The van der Waals surface area contributed by atoms with Gasteiger partial charge in [0, 0.05) is 24.3 Å². The molecule has 5 nitrogen and oxygen atoms in total. The lowest BCUT2D eigenvalue weighted by Crippen LogP contribution is -2.33. The summed E-state index contributed by atoms with van der Waals surface area (Å²) < 4.78 is 12.0. The molecule has 2 aromatic rings. The Kier molecular flexibility index (Phi) is 6.53. The number of ether oxygens (including phenoxy) is 2. The van der Waals surface area contributed by atoms with Gasteiger partial charge < -0.3 is 19.5 Å². The zero-order valence-corrected chi connectivity index (χ0v) is 20.2. The minimum atomic E-state index is -1.05. The lowest BCUT2D eigenvalue weighted by atomic mass is 9.83. The summed E-state index contributed by atoms with van der Waals surface area (Å²) in [5, 5.41) is 10.3. The molecular formula is C28H35NO4. The highest BCUT2D eigenvalue weighted by molar-refractivity contribution is 5.86. The maximum Gasteiger partial charge on any atom is 0.337 e. The SMILES string of the molecule is C=CCN1CCCc2c1cc(C)c(-c1ccc3c(c1)CCCO3)c2C(OC(C)(C)C)C(=O)O. The van der Waals surface area contributed by atoms with Crippen LogP contribution in [0.3, 0.4) is 0 Å². The highest BCUT2D eigenvalue weighted by Crippen LogP contribution is 2.44. The van der Waals surface area contributed by atoms with E-state index < -0.39 is 17.7 Å². The first-order chi connectivity index (χ1) is 15.7. The monoisotopic (exact) mass is 449 g/mol. The van der Waals surface area contributed by atoms with Gasteiger partial charge in [-0.2, -0.15) is 0 Å². The summed E-state index contributed by atoms with van der Waals surface area (Å²) in [4.78, 5) is 14.9. The van der Waals surface area contributed by atoms with Crippen molar-refractivity contribution in [3.8, 4) is 16.9 Å². The molecule has 176 valence electrons. The average molecular weight is 450 g/mol. The lowest BCUT2D eigenvalue weighted by Gasteiger charge is -2.36. The van der Waals surface area contributed by atoms with Crippen LogP contribution < -0.4 is 9.64 Å². The second-order valence-corrected chi connectivity index (χ2v) is 10.0. The van der Waals surface area contributed by atoms with Crippen molar-refractivity contribution >= 4 is 11.7 Å². The Morgan fingerprint density at radius 1 is 1.27 bits per heavy atom. The highest BCUT2D eigenvalue weighted by Gasteiger charge is 2.35. The number of carboxylic acids is 1. The van der Waals surface area contributed by atoms with Crippen LogP contribution in [0.1, 0.15) is 62.0 Å². The van der Waals surface area contributed by atoms with Gasteiger partial charge in [-0.15, -0.1) is 6.58 Å². The Hall–Kier alpha value is -2.79. The molecule has 2 aromatic carbocycles. The van der Waals surface area contributed by atoms with Crippen LogP contribution in [0.25, 0.3) is 11.1 Å². The van der Waals surface area contributed by atoms with Crippen molar-refractivity contribution < 1.29 is 19.4 Å². The van der Waals surface area contributed by atoms with Gasteiger partial charge in [0.05, 0.1) is 12.2 Å². The zero-order valence-electron chi connectivity index (χ0n) is 20.2. The van der Waals surface area contributed by atoms with E-state index in [0.29, 0.717) is 0 Å². The number of aliphatic carboxylic acids is 1. The maximum atomic E-state index is 12.6. The Balaban J connectivity index is 1.98. The Bertz CT molecular complexity index is 1070. The number of carbonyl (C=O) groups is 1. The number of rotatable bonds is 6. The van der Waals surface area contributed by atoms with E-state index in [4.69, 9.17) is 9.47 Å². The third-order valence-corrected chi connectivity index (χ3v) is 6.35. The minimum Gasteiger partial charge on any atom is -0.493 e. The number of hydrogen-bond donors (Lipinski definition) is 1. The molecule has 0 aromatic heterocycles. The zero-order chi connectivity index (χ0) is 23.8. The number of nitrogens with zero attached hydrogens (tertiary/aromatic N) is 1. The maximum absolute atomic E-state index is 12.6. The standard InChI is InChI=1S/C28H35NO4/c1-6-13-29-14-7-10-21-22(29)16-18(2)24(25(21)26(27(30)31)33-28(3,4)5)20-11-12-23-19(17-20)9-8-15-32-23/h6,11-12,16-17,26H,1,7-10,13-15H2,2-5H3,(H,30,31). The summed E-state index contributed by atoms with van der Waals surface area (Å²) in [6, 6.07) is 8.47. The van der Waals surface area contributed by atoms with Gasteiger partial charge in [-0.25, -0.2) is 4.79 Å².